The van der Waals surface area contributed by atoms with Crippen LogP contribution < -0.4 is 11.1 Å². The van der Waals surface area contributed by atoms with Gasteiger partial charge in [0.1, 0.15) is 5.82 Å². The third-order valence-corrected chi connectivity index (χ3v) is 2.06. The largest absolute Gasteiger partial charge is 0.384 e. The zero-order valence-electron chi connectivity index (χ0n) is 10.2. The van der Waals surface area contributed by atoms with Gasteiger partial charge in [0, 0.05) is 25.2 Å². The summed E-state index contributed by atoms with van der Waals surface area (Å²) in [5.41, 5.74) is 6.75. The third kappa shape index (κ3) is 4.30. The minimum atomic E-state index is 0.598. The van der Waals surface area contributed by atoms with Gasteiger partial charge in [-0.05, 0) is 11.6 Å². The summed E-state index contributed by atoms with van der Waals surface area (Å²) in [6.07, 6.45) is 1.86. The number of aromatic nitrogens is 1. The highest BCUT2D eigenvalue weighted by Crippen LogP contribution is 2.18. The molecule has 2 rings (SSSR count). The second-order valence-corrected chi connectivity index (χ2v) is 2.87. The van der Waals surface area contributed by atoms with Crippen LogP contribution in [0.5, 0.6) is 0 Å². The van der Waals surface area contributed by atoms with Gasteiger partial charge < -0.3 is 11.1 Å². The molecule has 1 fully saturated rings. The van der Waals surface area contributed by atoms with Gasteiger partial charge in [-0.15, -0.1) is 0 Å². The number of hydrogen-bond donors (Lipinski definition) is 2. The predicted molar refractivity (Wildman–Crippen MR) is 67.0 cm³/mol. The Morgan fingerprint density at radius 3 is 2.13 bits per heavy atom. The lowest BCUT2D eigenvalue weighted by Crippen LogP contribution is -2.39. The normalized spacial score (nSPS) is 13.9. The van der Waals surface area contributed by atoms with E-state index in [9.17, 15) is 0 Å². The van der Waals surface area contributed by atoms with Gasteiger partial charge >= 0.3 is 0 Å². The van der Waals surface area contributed by atoms with Crippen molar-refractivity contribution in [3.05, 3.63) is 23.9 Å². The molecule has 1 aromatic rings. The van der Waals surface area contributed by atoms with Crippen LogP contribution in [0, 0.1) is 0 Å². The molecule has 0 spiro atoms. The van der Waals surface area contributed by atoms with Crippen molar-refractivity contribution in [3.63, 3.8) is 0 Å². The molecule has 3 nitrogen and oxygen atoms in total. The number of nitrogens with two attached hydrogens (primary N) is 1. The first-order chi connectivity index (χ1) is 7.36. The van der Waals surface area contributed by atoms with E-state index in [0.717, 1.165) is 13.1 Å². The SMILES string of the molecule is CC.CC.Nc1ccc(C2CNC2)cn1. The van der Waals surface area contributed by atoms with Crippen LogP contribution in [0.15, 0.2) is 18.3 Å². The summed E-state index contributed by atoms with van der Waals surface area (Å²) in [6, 6.07) is 3.90. The van der Waals surface area contributed by atoms with E-state index in [-0.39, 0.29) is 0 Å². The van der Waals surface area contributed by atoms with Crippen LogP contribution in [0.25, 0.3) is 0 Å². The summed E-state index contributed by atoms with van der Waals surface area (Å²) in [4.78, 5) is 4.03. The Kier molecular flexibility index (Phi) is 7.64. The van der Waals surface area contributed by atoms with Crippen molar-refractivity contribution >= 4 is 5.82 Å². The highest BCUT2D eigenvalue weighted by atomic mass is 14.9. The summed E-state index contributed by atoms with van der Waals surface area (Å²) < 4.78 is 0. The highest BCUT2D eigenvalue weighted by molar-refractivity contribution is 5.31. The van der Waals surface area contributed by atoms with E-state index in [1.54, 1.807) is 0 Å². The van der Waals surface area contributed by atoms with Gasteiger partial charge in [0.2, 0.25) is 0 Å². The molecule has 0 atom stereocenters. The Morgan fingerprint density at radius 1 is 1.20 bits per heavy atom. The van der Waals surface area contributed by atoms with Gasteiger partial charge in [-0.1, -0.05) is 33.8 Å². The van der Waals surface area contributed by atoms with Crippen molar-refractivity contribution in [1.29, 1.82) is 0 Å². The lowest BCUT2D eigenvalue weighted by molar-refractivity contribution is 0.447. The van der Waals surface area contributed by atoms with E-state index in [1.165, 1.54) is 5.56 Å². The van der Waals surface area contributed by atoms with Crippen molar-refractivity contribution in [2.24, 2.45) is 0 Å². The molecule has 2 heterocycles. The zero-order chi connectivity index (χ0) is 11.7. The van der Waals surface area contributed by atoms with Crippen LogP contribution in [-0.4, -0.2) is 18.1 Å². The molecule has 0 unspecified atom stereocenters. The molecule has 0 aliphatic carbocycles. The fraction of sp³-hybridized carbons (Fsp3) is 0.583. The summed E-state index contributed by atoms with van der Waals surface area (Å²) in [7, 11) is 0. The first-order valence-electron chi connectivity index (χ1n) is 5.78. The van der Waals surface area contributed by atoms with E-state index in [0.29, 0.717) is 11.7 Å². The minimum Gasteiger partial charge on any atom is -0.384 e. The molecule has 1 saturated heterocycles. The topological polar surface area (TPSA) is 50.9 Å². The Hall–Kier alpha value is -1.09. The van der Waals surface area contributed by atoms with E-state index < -0.39 is 0 Å². The molecule has 1 aliphatic rings. The molecule has 0 saturated carbocycles. The zero-order valence-corrected chi connectivity index (χ0v) is 10.2. The quantitative estimate of drug-likeness (QED) is 0.746. The fourth-order valence-corrected chi connectivity index (χ4v) is 1.18. The summed E-state index contributed by atoms with van der Waals surface area (Å²) in [5, 5.41) is 3.22. The summed E-state index contributed by atoms with van der Waals surface area (Å²) in [5.74, 6) is 1.25. The molecule has 1 aromatic heterocycles. The number of rotatable bonds is 1. The van der Waals surface area contributed by atoms with Crippen LogP contribution >= 0.6 is 0 Å². The summed E-state index contributed by atoms with van der Waals surface area (Å²) in [6.45, 7) is 10.1. The standard InChI is InChI=1S/C8H11N3.2C2H6/c9-8-2-1-6(5-11-8)7-3-10-4-7;2*1-2/h1-2,5,7,10H,3-4H2,(H2,9,11);2*1-2H3. The van der Waals surface area contributed by atoms with Crippen molar-refractivity contribution in [2.45, 2.75) is 33.6 Å². The average Bonchev–Trinajstić information content (AvgIpc) is 2.25. The molecular weight excluding hydrogens is 186 g/mol. The molecule has 0 amide bonds. The number of nitrogens with zero attached hydrogens (tertiary/aromatic N) is 1. The van der Waals surface area contributed by atoms with Crippen LogP contribution in [0.4, 0.5) is 5.82 Å². The molecule has 15 heavy (non-hydrogen) atoms. The highest BCUT2D eigenvalue weighted by Gasteiger charge is 2.18. The number of nitrogen functional groups attached to an aromatic ring is 1. The van der Waals surface area contributed by atoms with Crippen LogP contribution in [0.1, 0.15) is 39.2 Å². The minimum absolute atomic E-state index is 0.598. The first kappa shape index (κ1) is 13.9. The van der Waals surface area contributed by atoms with Gasteiger partial charge in [0.25, 0.3) is 0 Å². The third-order valence-electron chi connectivity index (χ3n) is 2.06. The van der Waals surface area contributed by atoms with Crippen molar-refractivity contribution < 1.29 is 0 Å². The van der Waals surface area contributed by atoms with Gasteiger partial charge in [-0.3, -0.25) is 0 Å². The maximum atomic E-state index is 5.46. The van der Waals surface area contributed by atoms with Crippen LogP contribution in [0.3, 0.4) is 0 Å². The summed E-state index contributed by atoms with van der Waals surface area (Å²) >= 11 is 0. The predicted octanol–water partition coefficient (Wildman–Crippen LogP) is 2.40. The second kappa shape index (κ2) is 8.24. The van der Waals surface area contributed by atoms with Crippen molar-refractivity contribution in [2.75, 3.05) is 18.8 Å². The van der Waals surface area contributed by atoms with E-state index in [2.05, 4.69) is 10.3 Å². The molecule has 3 heteroatoms. The smallest absolute Gasteiger partial charge is 0.123 e. The Bertz CT molecular complexity index is 240. The molecule has 0 aromatic carbocycles. The average molecular weight is 209 g/mol. The van der Waals surface area contributed by atoms with Gasteiger partial charge in [0.05, 0.1) is 0 Å². The van der Waals surface area contributed by atoms with Gasteiger partial charge in [-0.25, -0.2) is 4.98 Å². The molecule has 3 N–H and O–H groups in total. The lowest BCUT2D eigenvalue weighted by atomic mass is 9.95. The Labute approximate surface area is 93.1 Å². The molecule has 0 radical (unpaired) electrons. The maximum absolute atomic E-state index is 5.46. The molecule has 0 bridgehead atoms. The lowest BCUT2D eigenvalue weighted by Gasteiger charge is -2.26. The number of pyridine rings is 1. The van der Waals surface area contributed by atoms with Crippen LogP contribution in [0.2, 0.25) is 0 Å². The van der Waals surface area contributed by atoms with Gasteiger partial charge in [0.15, 0.2) is 0 Å². The first-order valence-corrected chi connectivity index (χ1v) is 5.78. The number of hydrogen-bond acceptors (Lipinski definition) is 3. The van der Waals surface area contributed by atoms with E-state index in [4.69, 9.17) is 5.73 Å². The fourth-order valence-electron chi connectivity index (χ4n) is 1.18. The molecule has 86 valence electrons. The molecular formula is C12H23N3. The monoisotopic (exact) mass is 209 g/mol. The Balaban J connectivity index is 0.000000442. The maximum Gasteiger partial charge on any atom is 0.123 e. The Morgan fingerprint density at radius 2 is 1.80 bits per heavy atom. The molecule has 1 aliphatic heterocycles. The number of nitrogens with one attached hydrogen (secondary N) is 1. The van der Waals surface area contributed by atoms with Crippen molar-refractivity contribution in [3.8, 4) is 0 Å². The van der Waals surface area contributed by atoms with E-state index in [1.807, 2.05) is 46.0 Å². The van der Waals surface area contributed by atoms with Crippen LogP contribution in [-0.2, 0) is 0 Å². The van der Waals surface area contributed by atoms with Gasteiger partial charge in [-0.2, -0.15) is 0 Å². The second-order valence-electron chi connectivity index (χ2n) is 2.87. The number of anilines is 1. The van der Waals surface area contributed by atoms with E-state index >= 15 is 0 Å². The van der Waals surface area contributed by atoms with Crippen molar-refractivity contribution in [1.82, 2.24) is 10.3 Å².